The first-order chi connectivity index (χ1) is 11.1. The van der Waals surface area contributed by atoms with Crippen LogP contribution in [0.3, 0.4) is 0 Å². The molecule has 4 rings (SSSR count). The first-order valence-electron chi connectivity index (χ1n) is 8.52. The molecule has 1 aromatic heterocycles. The number of carbonyl (C=O) groups excluding carboxylic acids is 1. The first kappa shape index (κ1) is 14.7. The van der Waals surface area contributed by atoms with E-state index in [1.807, 2.05) is 11.6 Å². The average molecular weight is 315 g/mol. The zero-order valence-electron chi connectivity index (χ0n) is 13.4. The molecule has 0 radical (unpaired) electrons. The van der Waals surface area contributed by atoms with Crippen LogP contribution in [0.4, 0.5) is 4.39 Å². The van der Waals surface area contributed by atoms with Crippen molar-refractivity contribution in [2.24, 2.45) is 24.8 Å². The number of rotatable bonds is 5. The Kier molecular flexibility index (Phi) is 3.58. The zero-order chi connectivity index (χ0) is 16.0. The summed E-state index contributed by atoms with van der Waals surface area (Å²) in [6.07, 6.45) is 5.69. The van der Waals surface area contributed by atoms with E-state index in [0.717, 1.165) is 29.2 Å². The molecular formula is C18H22FN3O. The van der Waals surface area contributed by atoms with Gasteiger partial charge in [-0.2, -0.15) is 0 Å². The number of halogens is 1. The molecule has 1 heterocycles. The highest BCUT2D eigenvalue weighted by Gasteiger charge is 2.48. The van der Waals surface area contributed by atoms with Gasteiger partial charge in [0.2, 0.25) is 5.91 Å². The Morgan fingerprint density at radius 1 is 1.43 bits per heavy atom. The molecule has 2 atom stereocenters. The van der Waals surface area contributed by atoms with E-state index >= 15 is 0 Å². The number of hydrogen-bond acceptors (Lipinski definition) is 2. The molecule has 0 aliphatic heterocycles. The highest BCUT2D eigenvalue weighted by atomic mass is 19.1. The molecule has 1 N–H and O–H groups in total. The Morgan fingerprint density at radius 2 is 2.26 bits per heavy atom. The van der Waals surface area contributed by atoms with Crippen molar-refractivity contribution >= 4 is 16.9 Å². The predicted molar refractivity (Wildman–Crippen MR) is 86.3 cm³/mol. The maximum Gasteiger partial charge on any atom is 0.223 e. The second-order valence-electron chi connectivity index (χ2n) is 6.96. The van der Waals surface area contributed by atoms with E-state index < -0.39 is 0 Å². The summed E-state index contributed by atoms with van der Waals surface area (Å²) in [4.78, 5) is 16.7. The van der Waals surface area contributed by atoms with Gasteiger partial charge in [-0.1, -0.05) is 19.3 Å². The molecule has 1 aromatic carbocycles. The highest BCUT2D eigenvalue weighted by Crippen LogP contribution is 2.51. The van der Waals surface area contributed by atoms with Crippen LogP contribution in [0.2, 0.25) is 0 Å². The van der Waals surface area contributed by atoms with Crippen LogP contribution in [-0.4, -0.2) is 22.0 Å². The third-order valence-electron chi connectivity index (χ3n) is 5.52. The summed E-state index contributed by atoms with van der Waals surface area (Å²) in [6, 6.07) is 4.62. The summed E-state index contributed by atoms with van der Waals surface area (Å²) in [5, 5.41) is 3.04. The molecule has 5 heteroatoms. The van der Waals surface area contributed by atoms with E-state index in [1.54, 1.807) is 6.07 Å². The van der Waals surface area contributed by atoms with Crippen LogP contribution in [0.25, 0.3) is 11.0 Å². The Morgan fingerprint density at radius 3 is 3.00 bits per heavy atom. The van der Waals surface area contributed by atoms with Crippen molar-refractivity contribution in [1.82, 2.24) is 14.9 Å². The number of hydrogen-bond donors (Lipinski definition) is 1. The van der Waals surface area contributed by atoms with Gasteiger partial charge in [0.05, 0.1) is 11.0 Å². The van der Waals surface area contributed by atoms with Gasteiger partial charge < -0.3 is 9.88 Å². The van der Waals surface area contributed by atoms with E-state index in [2.05, 4.69) is 10.3 Å². The lowest BCUT2D eigenvalue weighted by Gasteiger charge is -2.25. The van der Waals surface area contributed by atoms with Crippen molar-refractivity contribution in [2.45, 2.75) is 32.1 Å². The summed E-state index contributed by atoms with van der Waals surface area (Å²) in [7, 11) is 1.89. The fourth-order valence-electron chi connectivity index (χ4n) is 3.77. The number of nitrogens with one attached hydrogen (secondary N) is 1. The molecule has 2 saturated carbocycles. The molecule has 2 fully saturated rings. The second kappa shape index (κ2) is 5.62. The van der Waals surface area contributed by atoms with Crippen LogP contribution < -0.4 is 5.32 Å². The van der Waals surface area contributed by atoms with Crippen LogP contribution in [0.1, 0.15) is 31.5 Å². The largest absolute Gasteiger partial charge is 0.355 e. The molecular weight excluding hydrogens is 293 g/mol. The smallest absolute Gasteiger partial charge is 0.223 e. The van der Waals surface area contributed by atoms with E-state index in [4.69, 9.17) is 0 Å². The average Bonchev–Trinajstić information content (AvgIpc) is 3.18. The van der Waals surface area contributed by atoms with Gasteiger partial charge in [0.25, 0.3) is 0 Å². The molecule has 122 valence electrons. The highest BCUT2D eigenvalue weighted by molar-refractivity contribution is 5.81. The molecule has 0 bridgehead atoms. The Labute approximate surface area is 135 Å². The number of aryl methyl sites for hydroxylation is 1. The van der Waals surface area contributed by atoms with Crippen molar-refractivity contribution in [3.05, 3.63) is 29.8 Å². The van der Waals surface area contributed by atoms with Crippen LogP contribution in [0.15, 0.2) is 18.2 Å². The Balaban J connectivity index is 1.33. The minimum atomic E-state index is -0.254. The van der Waals surface area contributed by atoms with Gasteiger partial charge in [-0.25, -0.2) is 9.37 Å². The van der Waals surface area contributed by atoms with Crippen molar-refractivity contribution in [3.8, 4) is 0 Å². The van der Waals surface area contributed by atoms with Crippen LogP contribution in [-0.2, 0) is 18.3 Å². The van der Waals surface area contributed by atoms with Crippen molar-refractivity contribution in [1.29, 1.82) is 0 Å². The molecule has 0 spiro atoms. The van der Waals surface area contributed by atoms with Gasteiger partial charge in [-0.05, 0) is 36.5 Å². The van der Waals surface area contributed by atoms with Crippen LogP contribution >= 0.6 is 0 Å². The molecule has 2 aliphatic carbocycles. The third kappa shape index (κ3) is 2.73. The summed E-state index contributed by atoms with van der Waals surface area (Å²) in [6.45, 7) is 0.590. The monoisotopic (exact) mass is 315 g/mol. The minimum absolute atomic E-state index is 0.201. The maximum absolute atomic E-state index is 13.3. The SMILES string of the molecule is Cn1c(CCNC(=O)C2CC2C2CCC2)nc2ccc(F)cc21. The lowest BCUT2D eigenvalue weighted by Crippen LogP contribution is -2.29. The van der Waals surface area contributed by atoms with E-state index in [1.165, 1.54) is 31.4 Å². The third-order valence-corrected chi connectivity index (χ3v) is 5.52. The van der Waals surface area contributed by atoms with E-state index in [9.17, 15) is 9.18 Å². The second-order valence-corrected chi connectivity index (χ2v) is 6.96. The summed E-state index contributed by atoms with van der Waals surface area (Å²) < 4.78 is 15.2. The van der Waals surface area contributed by atoms with Gasteiger partial charge in [-0.15, -0.1) is 0 Å². The standard InChI is InChI=1S/C18H22FN3O/c1-22-16-9-12(19)5-6-15(16)21-17(22)7-8-20-18(23)14-10-13(14)11-3-2-4-11/h5-6,9,11,13-14H,2-4,7-8,10H2,1H3,(H,20,23). The number of benzene rings is 1. The van der Waals surface area contributed by atoms with Crippen molar-refractivity contribution < 1.29 is 9.18 Å². The number of imidazole rings is 1. The van der Waals surface area contributed by atoms with Gasteiger partial charge in [0.1, 0.15) is 11.6 Å². The molecule has 23 heavy (non-hydrogen) atoms. The summed E-state index contributed by atoms with van der Waals surface area (Å²) in [5.74, 6) is 2.51. The molecule has 0 saturated heterocycles. The molecule has 2 aromatic rings. The Hall–Kier alpha value is -1.91. The number of carbonyl (C=O) groups is 1. The lowest BCUT2D eigenvalue weighted by atomic mass is 9.81. The maximum atomic E-state index is 13.3. The topological polar surface area (TPSA) is 46.9 Å². The summed E-state index contributed by atoms with van der Waals surface area (Å²) in [5.41, 5.74) is 1.58. The zero-order valence-corrected chi connectivity index (χ0v) is 13.4. The number of fused-ring (bicyclic) bond motifs is 1. The predicted octanol–water partition coefficient (Wildman–Crippen LogP) is 2.81. The van der Waals surface area contributed by atoms with Gasteiger partial charge in [-0.3, -0.25) is 4.79 Å². The van der Waals surface area contributed by atoms with Crippen LogP contribution in [0, 0.1) is 23.6 Å². The minimum Gasteiger partial charge on any atom is -0.355 e. The van der Waals surface area contributed by atoms with Gasteiger partial charge in [0.15, 0.2) is 0 Å². The lowest BCUT2D eigenvalue weighted by molar-refractivity contribution is -0.122. The van der Waals surface area contributed by atoms with Gasteiger partial charge >= 0.3 is 0 Å². The fraction of sp³-hybridized carbons (Fsp3) is 0.556. The fourth-order valence-corrected chi connectivity index (χ4v) is 3.77. The molecule has 4 nitrogen and oxygen atoms in total. The number of aromatic nitrogens is 2. The quantitative estimate of drug-likeness (QED) is 0.922. The van der Waals surface area contributed by atoms with Gasteiger partial charge in [0, 0.05) is 25.9 Å². The Bertz CT molecular complexity index is 750. The first-order valence-corrected chi connectivity index (χ1v) is 8.52. The molecule has 2 aliphatic rings. The van der Waals surface area contributed by atoms with E-state index in [-0.39, 0.29) is 17.6 Å². The summed E-state index contributed by atoms with van der Waals surface area (Å²) >= 11 is 0. The van der Waals surface area contributed by atoms with Crippen molar-refractivity contribution in [3.63, 3.8) is 0 Å². The van der Waals surface area contributed by atoms with Crippen molar-refractivity contribution in [2.75, 3.05) is 6.54 Å². The van der Waals surface area contributed by atoms with E-state index in [0.29, 0.717) is 18.9 Å². The molecule has 2 unspecified atom stereocenters. The normalized spacial score (nSPS) is 23.7. The molecule has 1 amide bonds. The number of amides is 1. The van der Waals surface area contributed by atoms with Crippen LogP contribution in [0.5, 0.6) is 0 Å². The number of nitrogens with zero attached hydrogens (tertiary/aromatic N) is 2.